The van der Waals surface area contributed by atoms with Crippen LogP contribution >= 0.6 is 0 Å². The number of nitrogens with two attached hydrogens (primary N) is 1. The lowest BCUT2D eigenvalue weighted by atomic mass is 10.3. The molecule has 7 heteroatoms. The molecule has 0 aliphatic rings. The molecule has 0 atom stereocenters. The summed E-state index contributed by atoms with van der Waals surface area (Å²) in [4.78, 5) is 16.9. The summed E-state index contributed by atoms with van der Waals surface area (Å²) < 4.78 is 1.55. The second-order valence-electron chi connectivity index (χ2n) is 4.42. The molecule has 7 nitrogen and oxygen atoms in total. The van der Waals surface area contributed by atoms with E-state index in [1.165, 1.54) is 0 Å². The summed E-state index contributed by atoms with van der Waals surface area (Å²) in [7, 11) is 0. The first-order valence-corrected chi connectivity index (χ1v) is 6.07. The van der Waals surface area contributed by atoms with Crippen LogP contribution in [0.4, 0.5) is 5.69 Å². The summed E-state index contributed by atoms with van der Waals surface area (Å²) >= 11 is 0. The summed E-state index contributed by atoms with van der Waals surface area (Å²) in [5.41, 5.74) is 9.43. The first-order valence-electron chi connectivity index (χ1n) is 6.07. The fourth-order valence-electron chi connectivity index (χ4n) is 1.92. The van der Waals surface area contributed by atoms with Gasteiger partial charge in [-0.1, -0.05) is 0 Å². The van der Waals surface area contributed by atoms with E-state index in [-0.39, 0.29) is 0 Å². The van der Waals surface area contributed by atoms with Gasteiger partial charge in [0.1, 0.15) is 11.4 Å². The quantitative estimate of drug-likeness (QED) is 0.752. The second kappa shape index (κ2) is 4.69. The Morgan fingerprint density at radius 1 is 1.10 bits per heavy atom. The van der Waals surface area contributed by atoms with Crippen LogP contribution in [-0.2, 0) is 0 Å². The predicted octanol–water partition coefficient (Wildman–Crippen LogP) is 1.32. The Morgan fingerprint density at radius 3 is 2.50 bits per heavy atom. The lowest BCUT2D eigenvalue weighted by molar-refractivity contribution is 0.795. The molecule has 3 aromatic heterocycles. The van der Waals surface area contributed by atoms with Crippen molar-refractivity contribution < 1.29 is 0 Å². The SMILES string of the molecule is Cc1cc(C)nc(-n2cc(N)c(-c3cnccn3)n2)n1. The van der Waals surface area contributed by atoms with Gasteiger partial charge in [0, 0.05) is 23.8 Å². The van der Waals surface area contributed by atoms with Crippen LogP contribution in [0.2, 0.25) is 0 Å². The third-order valence-electron chi connectivity index (χ3n) is 2.72. The second-order valence-corrected chi connectivity index (χ2v) is 4.42. The molecule has 0 amide bonds. The van der Waals surface area contributed by atoms with Crippen LogP contribution in [0, 0.1) is 13.8 Å². The number of anilines is 1. The maximum atomic E-state index is 5.98. The molecule has 100 valence electrons. The van der Waals surface area contributed by atoms with Gasteiger partial charge in [-0.15, -0.1) is 0 Å². The molecule has 0 saturated carbocycles. The van der Waals surface area contributed by atoms with E-state index in [9.17, 15) is 0 Å². The van der Waals surface area contributed by atoms with Crippen molar-refractivity contribution in [1.82, 2.24) is 29.7 Å². The minimum Gasteiger partial charge on any atom is -0.396 e. The maximum Gasteiger partial charge on any atom is 0.251 e. The molecule has 3 rings (SSSR count). The lowest BCUT2D eigenvalue weighted by Crippen LogP contribution is -2.04. The van der Waals surface area contributed by atoms with Gasteiger partial charge in [-0.05, 0) is 19.9 Å². The molecule has 3 heterocycles. The van der Waals surface area contributed by atoms with Crippen LogP contribution in [0.3, 0.4) is 0 Å². The number of hydrogen-bond donors (Lipinski definition) is 1. The van der Waals surface area contributed by atoms with Gasteiger partial charge in [-0.25, -0.2) is 14.6 Å². The zero-order valence-electron chi connectivity index (χ0n) is 11.1. The Balaban J connectivity index is 2.09. The molecule has 0 aliphatic heterocycles. The minimum absolute atomic E-state index is 0.490. The fraction of sp³-hybridized carbons (Fsp3) is 0.154. The van der Waals surface area contributed by atoms with Crippen molar-refractivity contribution in [2.45, 2.75) is 13.8 Å². The van der Waals surface area contributed by atoms with Crippen LogP contribution in [-0.4, -0.2) is 29.7 Å². The van der Waals surface area contributed by atoms with Gasteiger partial charge >= 0.3 is 0 Å². The van der Waals surface area contributed by atoms with E-state index in [0.717, 1.165) is 11.4 Å². The molecular weight excluding hydrogens is 254 g/mol. The van der Waals surface area contributed by atoms with E-state index in [2.05, 4.69) is 25.0 Å². The average molecular weight is 267 g/mol. The topological polar surface area (TPSA) is 95.4 Å². The molecule has 0 unspecified atom stereocenters. The highest BCUT2D eigenvalue weighted by atomic mass is 15.4. The van der Waals surface area contributed by atoms with Crippen molar-refractivity contribution in [2.75, 3.05) is 5.73 Å². The molecule has 0 saturated heterocycles. The largest absolute Gasteiger partial charge is 0.396 e. The highest BCUT2D eigenvalue weighted by molar-refractivity contribution is 5.68. The van der Waals surface area contributed by atoms with Crippen LogP contribution < -0.4 is 5.73 Å². The standard InChI is InChI=1S/C13H13N7/c1-8-5-9(2)18-13(17-8)20-7-10(14)12(19-20)11-6-15-3-4-16-11/h3-7H,14H2,1-2H3. The molecular formula is C13H13N7. The Hall–Kier alpha value is -2.83. The third-order valence-corrected chi connectivity index (χ3v) is 2.72. The Morgan fingerprint density at radius 2 is 1.85 bits per heavy atom. The molecule has 0 aliphatic carbocycles. The summed E-state index contributed by atoms with van der Waals surface area (Å²) in [6.07, 6.45) is 6.49. The van der Waals surface area contributed by atoms with Crippen LogP contribution in [0.25, 0.3) is 17.3 Å². The predicted molar refractivity (Wildman–Crippen MR) is 74.1 cm³/mol. The van der Waals surface area contributed by atoms with E-state index >= 15 is 0 Å². The van der Waals surface area contributed by atoms with Crippen molar-refractivity contribution in [2.24, 2.45) is 0 Å². The molecule has 0 aromatic carbocycles. The zero-order chi connectivity index (χ0) is 14.1. The summed E-state index contributed by atoms with van der Waals surface area (Å²) in [6, 6.07) is 1.90. The van der Waals surface area contributed by atoms with Gasteiger partial charge < -0.3 is 5.73 Å². The van der Waals surface area contributed by atoms with Gasteiger partial charge in [0.2, 0.25) is 0 Å². The number of nitrogens with zero attached hydrogens (tertiary/aromatic N) is 6. The van der Waals surface area contributed by atoms with Crippen LogP contribution in [0.5, 0.6) is 0 Å². The van der Waals surface area contributed by atoms with Crippen molar-refractivity contribution in [3.63, 3.8) is 0 Å². The maximum absolute atomic E-state index is 5.98. The van der Waals surface area contributed by atoms with Crippen molar-refractivity contribution in [3.05, 3.63) is 42.2 Å². The number of nitrogen functional groups attached to an aromatic ring is 1. The molecule has 3 aromatic rings. The highest BCUT2D eigenvalue weighted by Gasteiger charge is 2.12. The monoisotopic (exact) mass is 267 g/mol. The summed E-state index contributed by atoms with van der Waals surface area (Å²) in [5.74, 6) is 0.490. The Kier molecular flexibility index (Phi) is 2.86. The summed E-state index contributed by atoms with van der Waals surface area (Å²) in [5, 5.41) is 4.40. The van der Waals surface area contributed by atoms with E-state index in [4.69, 9.17) is 5.73 Å². The first kappa shape index (κ1) is 12.2. The van der Waals surface area contributed by atoms with Gasteiger partial charge in [0.25, 0.3) is 5.95 Å². The van der Waals surface area contributed by atoms with Gasteiger partial charge in [0.15, 0.2) is 0 Å². The Labute approximate surface area is 115 Å². The molecule has 0 radical (unpaired) electrons. The van der Waals surface area contributed by atoms with E-state index < -0.39 is 0 Å². The molecule has 2 N–H and O–H groups in total. The van der Waals surface area contributed by atoms with Gasteiger partial charge in [-0.2, -0.15) is 5.10 Å². The smallest absolute Gasteiger partial charge is 0.251 e. The number of aryl methyl sites for hydroxylation is 2. The normalized spacial score (nSPS) is 10.7. The fourth-order valence-corrected chi connectivity index (χ4v) is 1.92. The zero-order valence-corrected chi connectivity index (χ0v) is 11.1. The number of rotatable bonds is 2. The van der Waals surface area contributed by atoms with Crippen LogP contribution in [0.15, 0.2) is 30.9 Å². The first-order chi connectivity index (χ1) is 9.63. The minimum atomic E-state index is 0.490. The number of aromatic nitrogens is 6. The molecule has 0 bridgehead atoms. The van der Waals surface area contributed by atoms with E-state index in [1.54, 1.807) is 29.5 Å². The van der Waals surface area contributed by atoms with Crippen molar-refractivity contribution in [1.29, 1.82) is 0 Å². The van der Waals surface area contributed by atoms with Crippen molar-refractivity contribution >= 4 is 5.69 Å². The third kappa shape index (κ3) is 2.20. The highest BCUT2D eigenvalue weighted by Crippen LogP contribution is 2.22. The number of hydrogen-bond acceptors (Lipinski definition) is 6. The van der Waals surface area contributed by atoms with E-state index in [1.807, 2.05) is 19.9 Å². The van der Waals surface area contributed by atoms with E-state index in [0.29, 0.717) is 23.0 Å². The molecule has 0 fully saturated rings. The lowest BCUT2D eigenvalue weighted by Gasteiger charge is -2.02. The van der Waals surface area contributed by atoms with Gasteiger partial charge in [-0.3, -0.25) is 9.97 Å². The Bertz CT molecular complexity index is 728. The molecule has 20 heavy (non-hydrogen) atoms. The van der Waals surface area contributed by atoms with Crippen LogP contribution in [0.1, 0.15) is 11.4 Å². The van der Waals surface area contributed by atoms with Gasteiger partial charge in [0.05, 0.1) is 18.1 Å². The van der Waals surface area contributed by atoms with Crippen molar-refractivity contribution in [3.8, 4) is 17.3 Å². The summed E-state index contributed by atoms with van der Waals surface area (Å²) in [6.45, 7) is 3.82. The molecule has 0 spiro atoms. The average Bonchev–Trinajstić information content (AvgIpc) is 2.81.